The minimum Gasteiger partial charge on any atom is -0.321 e. The van der Waals surface area contributed by atoms with Gasteiger partial charge in [-0.25, -0.2) is 13.4 Å². The van der Waals surface area contributed by atoms with E-state index in [-0.39, 0.29) is 5.03 Å². The summed E-state index contributed by atoms with van der Waals surface area (Å²) in [6.07, 6.45) is 2.32. The molecule has 6 nitrogen and oxygen atoms in total. The van der Waals surface area contributed by atoms with E-state index in [1.807, 2.05) is 0 Å². The maximum Gasteiger partial charge on any atom is 0.262 e. The number of nitrogen functional groups attached to an aromatic ring is 1. The van der Waals surface area contributed by atoms with Gasteiger partial charge in [-0.05, 0) is 24.3 Å². The summed E-state index contributed by atoms with van der Waals surface area (Å²) >= 11 is 1.77. The Bertz CT molecular complexity index is 498. The van der Waals surface area contributed by atoms with Crippen molar-refractivity contribution in [2.24, 2.45) is 5.84 Å². The number of nitrogens with one attached hydrogen (secondary N) is 1. The quantitative estimate of drug-likeness (QED) is 0.622. The van der Waals surface area contributed by atoms with Crippen LogP contribution in [0.3, 0.4) is 0 Å². The molecule has 0 aromatic carbocycles. The summed E-state index contributed by atoms with van der Waals surface area (Å²) in [5.74, 6) is 7.14. The molecule has 0 saturated carbocycles. The minimum atomic E-state index is -3.56. The third kappa shape index (κ3) is 2.77. The van der Waals surface area contributed by atoms with Crippen molar-refractivity contribution in [2.75, 3.05) is 30.0 Å². The van der Waals surface area contributed by atoms with Gasteiger partial charge in [0.25, 0.3) is 10.0 Å². The Morgan fingerprint density at radius 2 is 2.22 bits per heavy atom. The molecule has 0 bridgehead atoms. The zero-order chi connectivity index (χ0) is 13.0. The van der Waals surface area contributed by atoms with Gasteiger partial charge in [0.1, 0.15) is 0 Å². The van der Waals surface area contributed by atoms with E-state index in [4.69, 9.17) is 5.84 Å². The second-order valence-corrected chi connectivity index (χ2v) is 6.95. The van der Waals surface area contributed by atoms with Crippen LogP contribution >= 0.6 is 11.8 Å². The highest BCUT2D eigenvalue weighted by Gasteiger charge is 2.28. The van der Waals surface area contributed by atoms with E-state index in [9.17, 15) is 8.42 Å². The first-order valence-corrected chi connectivity index (χ1v) is 8.25. The maximum absolute atomic E-state index is 12.5. The number of nitrogens with two attached hydrogens (primary N) is 1. The van der Waals surface area contributed by atoms with E-state index >= 15 is 0 Å². The molecule has 0 amide bonds. The third-order valence-electron chi connectivity index (χ3n) is 2.69. The van der Waals surface area contributed by atoms with Gasteiger partial charge < -0.3 is 5.43 Å². The number of anilines is 1. The third-order valence-corrected chi connectivity index (χ3v) is 5.60. The Labute approximate surface area is 111 Å². The summed E-state index contributed by atoms with van der Waals surface area (Å²) in [5, 5.41) is -0.000556. The molecule has 0 unspecified atom stereocenters. The highest BCUT2D eigenvalue weighted by molar-refractivity contribution is 7.99. The van der Waals surface area contributed by atoms with Gasteiger partial charge in [-0.1, -0.05) is 0 Å². The monoisotopic (exact) mass is 288 g/mol. The molecule has 1 aliphatic heterocycles. The van der Waals surface area contributed by atoms with Crippen molar-refractivity contribution >= 4 is 27.5 Å². The summed E-state index contributed by atoms with van der Waals surface area (Å²) in [4.78, 5) is 3.95. The number of thioether (sulfide) groups is 1. The lowest BCUT2D eigenvalue weighted by atomic mass is 10.4. The lowest BCUT2D eigenvalue weighted by Crippen LogP contribution is -2.34. The van der Waals surface area contributed by atoms with Gasteiger partial charge >= 0.3 is 0 Å². The van der Waals surface area contributed by atoms with Gasteiger partial charge in [-0.2, -0.15) is 16.1 Å². The number of hydrazine groups is 1. The molecule has 1 saturated heterocycles. The van der Waals surface area contributed by atoms with E-state index in [1.165, 1.54) is 10.5 Å². The molecule has 2 rings (SSSR count). The number of aromatic nitrogens is 1. The predicted molar refractivity (Wildman–Crippen MR) is 72.7 cm³/mol. The summed E-state index contributed by atoms with van der Waals surface area (Å²) in [7, 11) is -3.56. The number of hydrogen-bond acceptors (Lipinski definition) is 6. The average molecular weight is 288 g/mol. The standard InChI is InChI=1S/C10H16N4O2S2/c11-13-9-3-1-4-12-10(9)18(15,16)14-5-2-7-17-8-6-14/h1,3-4,13H,2,5-8,11H2. The van der Waals surface area contributed by atoms with Crippen molar-refractivity contribution in [1.29, 1.82) is 0 Å². The minimum absolute atomic E-state index is 0.000556. The van der Waals surface area contributed by atoms with Crippen molar-refractivity contribution in [3.05, 3.63) is 18.3 Å². The van der Waals surface area contributed by atoms with Crippen molar-refractivity contribution in [3.8, 4) is 0 Å². The molecule has 0 spiro atoms. The predicted octanol–water partition coefficient (Wildman–Crippen LogP) is 0.495. The smallest absolute Gasteiger partial charge is 0.262 e. The van der Waals surface area contributed by atoms with Crippen LogP contribution in [0.5, 0.6) is 0 Å². The van der Waals surface area contributed by atoms with Gasteiger partial charge in [0.05, 0.1) is 5.69 Å². The number of hydrogen-bond donors (Lipinski definition) is 2. The molecule has 18 heavy (non-hydrogen) atoms. The number of rotatable bonds is 3. The number of sulfonamides is 1. The summed E-state index contributed by atoms with van der Waals surface area (Å²) in [6.45, 7) is 1.06. The van der Waals surface area contributed by atoms with Crippen LogP contribution in [0.2, 0.25) is 0 Å². The Kier molecular flexibility index (Phi) is 4.44. The fraction of sp³-hybridized carbons (Fsp3) is 0.500. The Balaban J connectivity index is 2.34. The van der Waals surface area contributed by atoms with E-state index in [0.29, 0.717) is 18.8 Å². The van der Waals surface area contributed by atoms with Crippen molar-refractivity contribution in [3.63, 3.8) is 0 Å². The van der Waals surface area contributed by atoms with E-state index in [2.05, 4.69) is 10.4 Å². The molecule has 0 radical (unpaired) electrons. The fourth-order valence-corrected chi connectivity index (χ4v) is 4.34. The van der Waals surface area contributed by atoms with Crippen LogP contribution in [0.25, 0.3) is 0 Å². The van der Waals surface area contributed by atoms with Crippen molar-refractivity contribution in [2.45, 2.75) is 11.4 Å². The number of nitrogens with zero attached hydrogens (tertiary/aromatic N) is 2. The fourth-order valence-electron chi connectivity index (χ4n) is 1.79. The van der Waals surface area contributed by atoms with Gasteiger partial charge in [-0.15, -0.1) is 0 Å². The highest BCUT2D eigenvalue weighted by atomic mass is 32.2. The molecular weight excluding hydrogens is 272 g/mol. The van der Waals surface area contributed by atoms with Gasteiger partial charge in [0.2, 0.25) is 0 Å². The molecule has 8 heteroatoms. The second-order valence-electron chi connectivity index (χ2n) is 3.87. The van der Waals surface area contributed by atoms with Crippen LogP contribution in [0.1, 0.15) is 6.42 Å². The van der Waals surface area contributed by atoms with Crippen molar-refractivity contribution < 1.29 is 8.42 Å². The highest BCUT2D eigenvalue weighted by Crippen LogP contribution is 2.23. The first-order chi connectivity index (χ1) is 8.66. The summed E-state index contributed by atoms with van der Waals surface area (Å²) in [5.41, 5.74) is 2.71. The molecular formula is C10H16N4O2S2. The molecule has 100 valence electrons. The zero-order valence-corrected chi connectivity index (χ0v) is 11.5. The SMILES string of the molecule is NNc1cccnc1S(=O)(=O)N1CCCSCC1. The van der Waals surface area contributed by atoms with Crippen LogP contribution in [0.4, 0.5) is 5.69 Å². The van der Waals surface area contributed by atoms with Crippen LogP contribution < -0.4 is 11.3 Å². The first-order valence-electron chi connectivity index (χ1n) is 5.66. The van der Waals surface area contributed by atoms with E-state index in [1.54, 1.807) is 23.9 Å². The van der Waals surface area contributed by atoms with Crippen LogP contribution in [-0.4, -0.2) is 42.3 Å². The maximum atomic E-state index is 12.5. The molecule has 0 atom stereocenters. The van der Waals surface area contributed by atoms with Gasteiger partial charge in [0, 0.05) is 25.0 Å². The van der Waals surface area contributed by atoms with Crippen molar-refractivity contribution in [1.82, 2.24) is 9.29 Å². The van der Waals surface area contributed by atoms with Gasteiger partial charge in [-0.3, -0.25) is 5.84 Å². The largest absolute Gasteiger partial charge is 0.321 e. The zero-order valence-electron chi connectivity index (χ0n) is 9.87. The van der Waals surface area contributed by atoms with E-state index < -0.39 is 10.0 Å². The Morgan fingerprint density at radius 1 is 1.39 bits per heavy atom. The van der Waals surface area contributed by atoms with Crippen LogP contribution in [0, 0.1) is 0 Å². The average Bonchev–Trinajstić information content (AvgIpc) is 2.68. The molecule has 1 aliphatic rings. The first kappa shape index (κ1) is 13.6. The van der Waals surface area contributed by atoms with Crippen LogP contribution in [-0.2, 0) is 10.0 Å². The second kappa shape index (κ2) is 5.87. The van der Waals surface area contributed by atoms with E-state index in [0.717, 1.165) is 17.9 Å². The summed E-state index contributed by atoms with van der Waals surface area (Å²) < 4.78 is 26.4. The Hall–Kier alpha value is -0.830. The van der Waals surface area contributed by atoms with Crippen LogP contribution in [0.15, 0.2) is 23.4 Å². The lowest BCUT2D eigenvalue weighted by molar-refractivity contribution is 0.433. The molecule has 1 aromatic heterocycles. The Morgan fingerprint density at radius 3 is 3.00 bits per heavy atom. The molecule has 3 N–H and O–H groups in total. The molecule has 0 aliphatic carbocycles. The molecule has 1 fully saturated rings. The lowest BCUT2D eigenvalue weighted by Gasteiger charge is -2.20. The molecule has 1 aromatic rings. The molecule has 2 heterocycles. The summed E-state index contributed by atoms with van der Waals surface area (Å²) in [6, 6.07) is 3.25. The topological polar surface area (TPSA) is 88.3 Å². The van der Waals surface area contributed by atoms with Gasteiger partial charge in [0.15, 0.2) is 5.03 Å². The number of pyridine rings is 1. The normalized spacial score (nSPS) is 18.3.